The Labute approximate surface area is 206 Å². The Morgan fingerprint density at radius 2 is 1.94 bits per heavy atom. The third-order valence-electron chi connectivity index (χ3n) is 7.26. The largest absolute Gasteiger partial charge is 0.478 e. The van der Waals surface area contributed by atoms with E-state index in [9.17, 15) is 18.0 Å². The summed E-state index contributed by atoms with van der Waals surface area (Å²) in [6.45, 7) is 5.33. The lowest BCUT2D eigenvalue weighted by Crippen LogP contribution is -2.47. The number of carbonyl (C=O) groups is 2. The average Bonchev–Trinajstić information content (AvgIpc) is 2.87. The van der Waals surface area contributed by atoms with Crippen molar-refractivity contribution >= 4 is 27.5 Å². The molecule has 2 aromatic rings. The summed E-state index contributed by atoms with van der Waals surface area (Å²) in [5.74, 6) is -0.204. The summed E-state index contributed by atoms with van der Waals surface area (Å²) in [4.78, 5) is 27.5. The Bertz CT molecular complexity index is 1280. The van der Waals surface area contributed by atoms with Crippen LogP contribution in [0.4, 0.5) is 5.69 Å². The molecular formula is C26H31N3O5S. The average molecular weight is 498 g/mol. The van der Waals surface area contributed by atoms with Crippen molar-refractivity contribution < 1.29 is 22.7 Å². The number of rotatable bonds is 4. The number of carbonyl (C=O) groups excluding carboxylic acids is 2. The number of hydrogen-bond acceptors (Lipinski definition) is 5. The highest BCUT2D eigenvalue weighted by atomic mass is 32.2. The first-order valence-electron chi connectivity index (χ1n) is 12.3. The standard InChI is InChI=1S/C26H31N3O5S/c1-3-22-25(30)27-21-13-17(2)24(14-23(21)34-22)35(32,33)29-11-6-9-20(16-29)26(31)28-12-10-18-7-4-5-8-19(18)15-28/h4-5,7-8,13-14,20,22H,3,6,9-12,15-16H2,1-2H3,(H,27,30)/t20-,22-/m0/s1. The van der Waals surface area contributed by atoms with E-state index in [0.29, 0.717) is 55.9 Å². The van der Waals surface area contributed by atoms with Gasteiger partial charge in [-0.1, -0.05) is 31.2 Å². The second-order valence-corrected chi connectivity index (χ2v) is 11.5. The van der Waals surface area contributed by atoms with Crippen LogP contribution in [0, 0.1) is 12.8 Å². The van der Waals surface area contributed by atoms with Crippen LogP contribution in [0.5, 0.6) is 5.75 Å². The van der Waals surface area contributed by atoms with E-state index in [1.54, 1.807) is 13.0 Å². The van der Waals surface area contributed by atoms with Crippen molar-refractivity contribution in [1.82, 2.24) is 9.21 Å². The first-order chi connectivity index (χ1) is 16.8. The van der Waals surface area contributed by atoms with Gasteiger partial charge < -0.3 is 15.0 Å². The molecule has 0 aromatic heterocycles. The summed E-state index contributed by atoms with van der Waals surface area (Å²) in [6, 6.07) is 11.3. The van der Waals surface area contributed by atoms with Crippen LogP contribution in [0.3, 0.4) is 0 Å². The van der Waals surface area contributed by atoms with E-state index in [2.05, 4.69) is 17.4 Å². The second-order valence-electron chi connectivity index (χ2n) is 9.60. The Hall–Kier alpha value is -2.91. The van der Waals surface area contributed by atoms with Gasteiger partial charge in [-0.2, -0.15) is 4.31 Å². The van der Waals surface area contributed by atoms with Crippen molar-refractivity contribution in [2.75, 3.05) is 25.0 Å². The molecule has 1 saturated heterocycles. The first kappa shape index (κ1) is 23.8. The minimum atomic E-state index is -3.84. The Balaban J connectivity index is 1.35. The molecule has 8 nitrogen and oxygen atoms in total. The molecule has 35 heavy (non-hydrogen) atoms. The zero-order chi connectivity index (χ0) is 24.7. The Kier molecular flexibility index (Phi) is 6.31. The van der Waals surface area contributed by atoms with Crippen LogP contribution in [-0.2, 0) is 32.6 Å². The topological polar surface area (TPSA) is 96.0 Å². The summed E-state index contributed by atoms with van der Waals surface area (Å²) in [6.07, 6.45) is 1.97. The maximum Gasteiger partial charge on any atom is 0.265 e. The van der Waals surface area contributed by atoms with Gasteiger partial charge in [0.25, 0.3) is 5.91 Å². The Morgan fingerprint density at radius 3 is 2.71 bits per heavy atom. The highest BCUT2D eigenvalue weighted by Crippen LogP contribution is 2.37. The molecule has 0 radical (unpaired) electrons. The van der Waals surface area contributed by atoms with Crippen molar-refractivity contribution in [2.24, 2.45) is 5.92 Å². The number of nitrogens with zero attached hydrogens (tertiary/aromatic N) is 2. The second kappa shape index (κ2) is 9.28. The number of benzene rings is 2. The number of amides is 2. The van der Waals surface area contributed by atoms with Crippen molar-refractivity contribution in [3.8, 4) is 5.75 Å². The lowest BCUT2D eigenvalue weighted by molar-refractivity contribution is -0.137. The third-order valence-corrected chi connectivity index (χ3v) is 9.27. The lowest BCUT2D eigenvalue weighted by atomic mass is 9.95. The predicted octanol–water partition coefficient (Wildman–Crippen LogP) is 3.09. The third kappa shape index (κ3) is 4.43. The molecule has 3 aliphatic rings. The van der Waals surface area contributed by atoms with Gasteiger partial charge in [0.05, 0.1) is 16.5 Å². The fraction of sp³-hybridized carbons (Fsp3) is 0.462. The molecule has 9 heteroatoms. The molecule has 5 rings (SSSR count). The van der Waals surface area contributed by atoms with Crippen LogP contribution in [-0.4, -0.2) is 55.2 Å². The molecule has 186 valence electrons. The zero-order valence-electron chi connectivity index (χ0n) is 20.1. The van der Waals surface area contributed by atoms with Gasteiger partial charge in [-0.25, -0.2) is 8.42 Å². The predicted molar refractivity (Wildman–Crippen MR) is 132 cm³/mol. The van der Waals surface area contributed by atoms with Gasteiger partial charge in [0.1, 0.15) is 5.75 Å². The smallest absolute Gasteiger partial charge is 0.265 e. The molecule has 3 aliphatic heterocycles. The van der Waals surface area contributed by atoms with Crippen molar-refractivity contribution in [1.29, 1.82) is 0 Å². The highest BCUT2D eigenvalue weighted by molar-refractivity contribution is 7.89. The monoisotopic (exact) mass is 497 g/mol. The molecule has 0 bridgehead atoms. The van der Waals surface area contributed by atoms with Crippen LogP contribution in [0.25, 0.3) is 0 Å². The molecular weight excluding hydrogens is 466 g/mol. The van der Waals surface area contributed by atoms with Crippen LogP contribution in [0.1, 0.15) is 42.9 Å². The summed E-state index contributed by atoms with van der Waals surface area (Å²) in [5.41, 5.74) is 3.45. The Morgan fingerprint density at radius 1 is 1.17 bits per heavy atom. The fourth-order valence-corrected chi connectivity index (χ4v) is 7.02. The van der Waals surface area contributed by atoms with Gasteiger partial charge in [0.15, 0.2) is 6.10 Å². The molecule has 3 heterocycles. The number of aryl methyl sites for hydroxylation is 1. The fourth-order valence-electron chi connectivity index (χ4n) is 5.27. The van der Waals surface area contributed by atoms with E-state index < -0.39 is 16.1 Å². The van der Waals surface area contributed by atoms with Gasteiger partial charge in [-0.05, 0) is 55.4 Å². The number of hydrogen-bond donors (Lipinski definition) is 1. The lowest BCUT2D eigenvalue weighted by Gasteiger charge is -2.36. The number of nitrogens with one attached hydrogen (secondary N) is 1. The summed E-state index contributed by atoms with van der Waals surface area (Å²) in [5, 5.41) is 2.80. The van der Waals surface area contributed by atoms with Crippen LogP contribution < -0.4 is 10.1 Å². The SMILES string of the molecule is CC[C@@H]1Oc2cc(S(=O)(=O)N3CCC[C@H](C(=O)N4CCc5ccccc5C4)C3)c(C)cc2NC1=O. The van der Waals surface area contributed by atoms with Gasteiger partial charge in [-0.3, -0.25) is 9.59 Å². The number of fused-ring (bicyclic) bond motifs is 2. The molecule has 1 N–H and O–H groups in total. The van der Waals surface area contributed by atoms with Crippen LogP contribution in [0.15, 0.2) is 41.3 Å². The molecule has 0 saturated carbocycles. The zero-order valence-corrected chi connectivity index (χ0v) is 20.9. The van der Waals surface area contributed by atoms with E-state index >= 15 is 0 Å². The van der Waals surface area contributed by atoms with Crippen LogP contribution in [0.2, 0.25) is 0 Å². The summed E-state index contributed by atoms with van der Waals surface area (Å²) < 4.78 is 34.6. The molecule has 0 aliphatic carbocycles. The van der Waals surface area contributed by atoms with Crippen molar-refractivity contribution in [3.05, 3.63) is 53.1 Å². The number of ether oxygens (including phenoxy) is 1. The van der Waals surface area contributed by atoms with Gasteiger partial charge in [-0.15, -0.1) is 0 Å². The van der Waals surface area contributed by atoms with E-state index in [0.717, 1.165) is 12.0 Å². The minimum Gasteiger partial charge on any atom is -0.478 e. The first-order valence-corrected chi connectivity index (χ1v) is 13.7. The van der Waals surface area contributed by atoms with E-state index in [-0.39, 0.29) is 29.2 Å². The number of piperidine rings is 1. The highest BCUT2D eigenvalue weighted by Gasteiger charge is 2.37. The summed E-state index contributed by atoms with van der Waals surface area (Å²) >= 11 is 0. The number of sulfonamides is 1. The molecule has 0 spiro atoms. The molecule has 0 unspecified atom stereocenters. The van der Waals surface area contributed by atoms with Crippen molar-refractivity contribution in [2.45, 2.75) is 57.1 Å². The van der Waals surface area contributed by atoms with E-state index in [1.807, 2.05) is 24.0 Å². The summed E-state index contributed by atoms with van der Waals surface area (Å²) in [7, 11) is -3.84. The quantitative estimate of drug-likeness (QED) is 0.700. The molecule has 2 atom stereocenters. The maximum atomic E-state index is 13.7. The van der Waals surface area contributed by atoms with Gasteiger partial charge in [0, 0.05) is 32.2 Å². The normalized spacial score (nSPS) is 22.6. The molecule has 2 amide bonds. The van der Waals surface area contributed by atoms with Crippen molar-refractivity contribution in [3.63, 3.8) is 0 Å². The van der Waals surface area contributed by atoms with E-state index in [1.165, 1.54) is 15.9 Å². The minimum absolute atomic E-state index is 0.0263. The number of anilines is 1. The van der Waals surface area contributed by atoms with Gasteiger partial charge >= 0.3 is 0 Å². The molecule has 1 fully saturated rings. The van der Waals surface area contributed by atoms with E-state index in [4.69, 9.17) is 4.74 Å². The molecule has 2 aromatic carbocycles. The van der Waals surface area contributed by atoms with Crippen LogP contribution >= 0.6 is 0 Å². The maximum absolute atomic E-state index is 13.7. The van der Waals surface area contributed by atoms with Gasteiger partial charge in [0.2, 0.25) is 15.9 Å².